The number of anilines is 1. The van der Waals surface area contributed by atoms with Crippen LogP contribution in [0.2, 0.25) is 0 Å². The Morgan fingerprint density at radius 2 is 2.06 bits per heavy atom. The molecule has 5 rings (SSSR count). The van der Waals surface area contributed by atoms with E-state index in [1.807, 2.05) is 31.2 Å². The van der Waals surface area contributed by atoms with E-state index in [2.05, 4.69) is 26.2 Å². The van der Waals surface area contributed by atoms with Gasteiger partial charge in [0.25, 0.3) is 0 Å². The lowest BCUT2D eigenvalue weighted by Crippen LogP contribution is -2.36. The summed E-state index contributed by atoms with van der Waals surface area (Å²) in [4.78, 5) is 6.93. The minimum Gasteiger partial charge on any atom is -0.440 e. The van der Waals surface area contributed by atoms with Gasteiger partial charge in [0.15, 0.2) is 21.3 Å². The summed E-state index contributed by atoms with van der Waals surface area (Å²) in [5.41, 5.74) is 2.67. The van der Waals surface area contributed by atoms with Gasteiger partial charge in [0, 0.05) is 25.6 Å². The molecule has 0 radical (unpaired) electrons. The van der Waals surface area contributed by atoms with Gasteiger partial charge in [-0.1, -0.05) is 24.3 Å². The van der Waals surface area contributed by atoms with Gasteiger partial charge in [-0.2, -0.15) is 0 Å². The number of benzene rings is 1. The van der Waals surface area contributed by atoms with Crippen LogP contribution in [-0.2, 0) is 16.4 Å². The number of piperidine rings is 1. The maximum Gasteiger partial charge on any atom is 0.227 e. The maximum atomic E-state index is 12.0. The zero-order chi connectivity index (χ0) is 21.6. The Morgan fingerprint density at radius 1 is 1.23 bits per heavy atom. The monoisotopic (exact) mass is 441 g/mol. The minimum atomic E-state index is -3.00. The number of fused-ring (bicyclic) bond motifs is 1. The quantitative estimate of drug-likeness (QED) is 0.561. The standard InChI is InChI=1S/C22H27N5O3S/c1-15(2)12-27-20(17-9-11-31(28,29)14-17)24-25-22(27)26-10-5-6-16(13-26)21-23-18-7-3-4-8-19(18)30-21/h3-4,7-8,16-17H,1,5-6,9-14H2,2H3/t16-,17+/m0/s1. The van der Waals surface area contributed by atoms with E-state index in [1.165, 1.54) is 0 Å². The molecule has 2 aliphatic rings. The molecule has 2 fully saturated rings. The number of hydrogen-bond donors (Lipinski definition) is 0. The van der Waals surface area contributed by atoms with Crippen LogP contribution in [0.3, 0.4) is 0 Å². The Hall–Kier alpha value is -2.68. The van der Waals surface area contributed by atoms with Crippen LogP contribution in [0.4, 0.5) is 5.95 Å². The van der Waals surface area contributed by atoms with E-state index in [9.17, 15) is 8.42 Å². The topological polar surface area (TPSA) is 94.1 Å². The second-order valence-electron chi connectivity index (χ2n) is 8.81. The number of nitrogens with zero attached hydrogens (tertiary/aromatic N) is 5. The van der Waals surface area contributed by atoms with Crippen molar-refractivity contribution in [3.05, 3.63) is 48.1 Å². The fourth-order valence-corrected chi connectivity index (χ4v) is 6.43. The molecule has 9 heteroatoms. The Labute approximate surface area is 181 Å². The van der Waals surface area contributed by atoms with E-state index in [0.717, 1.165) is 60.3 Å². The summed E-state index contributed by atoms with van der Waals surface area (Å²) in [6.45, 7) is 8.22. The van der Waals surface area contributed by atoms with Crippen LogP contribution in [0, 0.1) is 0 Å². The summed E-state index contributed by atoms with van der Waals surface area (Å²) in [5.74, 6) is 2.73. The largest absolute Gasteiger partial charge is 0.440 e. The van der Waals surface area contributed by atoms with Crippen LogP contribution >= 0.6 is 0 Å². The molecule has 0 spiro atoms. The number of oxazole rings is 1. The highest BCUT2D eigenvalue weighted by Crippen LogP contribution is 2.34. The summed E-state index contributed by atoms with van der Waals surface area (Å²) in [7, 11) is -3.00. The van der Waals surface area contributed by atoms with Crippen molar-refractivity contribution in [1.82, 2.24) is 19.7 Å². The predicted molar refractivity (Wildman–Crippen MR) is 119 cm³/mol. The van der Waals surface area contributed by atoms with Crippen molar-refractivity contribution in [1.29, 1.82) is 0 Å². The third-order valence-electron chi connectivity index (χ3n) is 6.15. The molecule has 0 N–H and O–H groups in total. The van der Waals surface area contributed by atoms with E-state index in [0.29, 0.717) is 13.0 Å². The summed E-state index contributed by atoms with van der Waals surface area (Å²) in [5, 5.41) is 8.96. The molecule has 2 saturated heterocycles. The van der Waals surface area contributed by atoms with Gasteiger partial charge >= 0.3 is 0 Å². The maximum absolute atomic E-state index is 12.0. The molecule has 1 aromatic carbocycles. The lowest BCUT2D eigenvalue weighted by molar-refractivity contribution is 0.408. The molecule has 0 bridgehead atoms. The van der Waals surface area contributed by atoms with E-state index in [-0.39, 0.29) is 23.3 Å². The molecule has 0 aliphatic carbocycles. The van der Waals surface area contributed by atoms with Crippen LogP contribution in [0.5, 0.6) is 0 Å². The average Bonchev–Trinajstić information content (AvgIpc) is 3.44. The zero-order valence-corrected chi connectivity index (χ0v) is 18.5. The first-order chi connectivity index (χ1) is 14.9. The highest BCUT2D eigenvalue weighted by Gasteiger charge is 2.35. The van der Waals surface area contributed by atoms with Gasteiger partial charge in [-0.25, -0.2) is 13.4 Å². The number of sulfone groups is 1. The molecule has 31 heavy (non-hydrogen) atoms. The zero-order valence-electron chi connectivity index (χ0n) is 17.7. The molecule has 2 aromatic heterocycles. The highest BCUT2D eigenvalue weighted by atomic mass is 32.2. The van der Waals surface area contributed by atoms with Crippen molar-refractivity contribution in [3.8, 4) is 0 Å². The van der Waals surface area contributed by atoms with Crippen LogP contribution in [-0.4, -0.2) is 52.8 Å². The molecular formula is C22H27N5O3S. The van der Waals surface area contributed by atoms with E-state index in [1.54, 1.807) is 0 Å². The van der Waals surface area contributed by atoms with E-state index in [4.69, 9.17) is 9.40 Å². The van der Waals surface area contributed by atoms with Crippen LogP contribution in [0.25, 0.3) is 11.1 Å². The van der Waals surface area contributed by atoms with Crippen molar-refractivity contribution in [2.75, 3.05) is 29.5 Å². The Bertz CT molecular complexity index is 1200. The normalized spacial score (nSPS) is 23.5. The molecule has 4 heterocycles. The average molecular weight is 442 g/mol. The van der Waals surface area contributed by atoms with Gasteiger partial charge in [-0.3, -0.25) is 4.57 Å². The predicted octanol–water partition coefficient (Wildman–Crippen LogP) is 3.28. The molecule has 3 aromatic rings. The van der Waals surface area contributed by atoms with Gasteiger partial charge < -0.3 is 9.32 Å². The number of rotatable bonds is 5. The van der Waals surface area contributed by atoms with Gasteiger partial charge in [0.1, 0.15) is 11.3 Å². The summed E-state index contributed by atoms with van der Waals surface area (Å²) in [6, 6.07) is 7.83. The number of allylic oxidation sites excluding steroid dienone is 1. The van der Waals surface area contributed by atoms with Gasteiger partial charge in [0.2, 0.25) is 5.95 Å². The van der Waals surface area contributed by atoms with Crippen molar-refractivity contribution < 1.29 is 12.8 Å². The number of para-hydroxylation sites is 2. The summed E-state index contributed by atoms with van der Waals surface area (Å²) < 4.78 is 32.1. The Kier molecular flexibility index (Phi) is 5.08. The van der Waals surface area contributed by atoms with Crippen molar-refractivity contribution >= 4 is 26.9 Å². The smallest absolute Gasteiger partial charge is 0.227 e. The van der Waals surface area contributed by atoms with Crippen molar-refractivity contribution in [3.63, 3.8) is 0 Å². The second-order valence-corrected chi connectivity index (χ2v) is 11.0. The first-order valence-corrected chi connectivity index (χ1v) is 12.6. The van der Waals surface area contributed by atoms with Crippen molar-refractivity contribution in [2.45, 2.75) is 44.6 Å². The fourth-order valence-electron chi connectivity index (χ4n) is 4.69. The summed E-state index contributed by atoms with van der Waals surface area (Å²) in [6.07, 6.45) is 2.60. The molecule has 0 amide bonds. The molecule has 2 atom stereocenters. The molecule has 2 aliphatic heterocycles. The van der Waals surface area contributed by atoms with Gasteiger partial charge in [-0.15, -0.1) is 10.2 Å². The molecular weight excluding hydrogens is 414 g/mol. The number of aromatic nitrogens is 4. The van der Waals surface area contributed by atoms with Crippen LogP contribution < -0.4 is 4.90 Å². The third-order valence-corrected chi connectivity index (χ3v) is 7.92. The van der Waals surface area contributed by atoms with Crippen LogP contribution in [0.1, 0.15) is 49.7 Å². The third kappa shape index (κ3) is 3.98. The fraction of sp³-hybridized carbons (Fsp3) is 0.500. The molecule has 164 valence electrons. The second kappa shape index (κ2) is 7.78. The van der Waals surface area contributed by atoms with Gasteiger partial charge in [0.05, 0.1) is 17.4 Å². The molecule has 8 nitrogen and oxygen atoms in total. The lowest BCUT2D eigenvalue weighted by atomic mass is 9.98. The van der Waals surface area contributed by atoms with Gasteiger partial charge in [-0.05, 0) is 38.3 Å². The highest BCUT2D eigenvalue weighted by molar-refractivity contribution is 7.91. The SMILES string of the molecule is C=C(C)Cn1c([C@@H]2CCS(=O)(=O)C2)nnc1N1CCC[C@H](c2nc3ccccc3o2)C1. The Morgan fingerprint density at radius 3 is 2.81 bits per heavy atom. The van der Waals surface area contributed by atoms with E-state index >= 15 is 0 Å². The van der Waals surface area contributed by atoms with Crippen molar-refractivity contribution in [2.24, 2.45) is 0 Å². The first-order valence-electron chi connectivity index (χ1n) is 10.8. The summed E-state index contributed by atoms with van der Waals surface area (Å²) >= 11 is 0. The van der Waals surface area contributed by atoms with Crippen LogP contribution in [0.15, 0.2) is 40.8 Å². The molecule has 0 unspecified atom stereocenters. The lowest BCUT2D eigenvalue weighted by Gasteiger charge is -2.32. The first kappa shape index (κ1) is 20.2. The van der Waals surface area contributed by atoms with E-state index < -0.39 is 9.84 Å². The Balaban J connectivity index is 1.44. The number of hydrogen-bond acceptors (Lipinski definition) is 7. The molecule has 0 saturated carbocycles. The minimum absolute atomic E-state index is 0.108.